The number of rotatable bonds is 3. The Labute approximate surface area is 107 Å². The van der Waals surface area contributed by atoms with Crippen molar-refractivity contribution < 1.29 is 0 Å². The quantitative estimate of drug-likeness (QED) is 0.885. The zero-order valence-corrected chi connectivity index (χ0v) is 11.7. The Morgan fingerprint density at radius 2 is 2.12 bits per heavy atom. The second-order valence-corrected chi connectivity index (χ2v) is 5.72. The second kappa shape index (κ2) is 4.89. The average Bonchev–Trinajstić information content (AvgIpc) is 2.73. The largest absolute Gasteiger partial charge is 0.316 e. The van der Waals surface area contributed by atoms with Crippen LogP contribution in [0.15, 0.2) is 28.7 Å². The monoisotopic (exact) mass is 281 g/mol. The highest BCUT2D eigenvalue weighted by Gasteiger charge is 2.40. The first kappa shape index (κ1) is 12.1. The van der Waals surface area contributed by atoms with Crippen LogP contribution in [0.4, 0.5) is 0 Å². The molecule has 0 aromatic heterocycles. The lowest BCUT2D eigenvalue weighted by atomic mass is 9.71. The molecule has 1 fully saturated rings. The fourth-order valence-electron chi connectivity index (χ4n) is 2.99. The molecule has 1 aromatic rings. The third kappa shape index (κ3) is 2.05. The molecule has 0 spiro atoms. The molecule has 88 valence electrons. The van der Waals surface area contributed by atoms with Crippen molar-refractivity contribution in [3.05, 3.63) is 34.3 Å². The van der Waals surface area contributed by atoms with Crippen molar-refractivity contribution in [2.75, 3.05) is 13.1 Å². The number of hydrogen-bond donors (Lipinski definition) is 1. The van der Waals surface area contributed by atoms with Gasteiger partial charge in [-0.3, -0.25) is 0 Å². The second-order valence-electron chi connectivity index (χ2n) is 4.81. The van der Waals surface area contributed by atoms with Gasteiger partial charge in [0.2, 0.25) is 0 Å². The number of hydrogen-bond acceptors (Lipinski definition) is 1. The van der Waals surface area contributed by atoms with Crippen LogP contribution in [0.3, 0.4) is 0 Å². The molecule has 0 saturated carbocycles. The van der Waals surface area contributed by atoms with E-state index in [0.717, 1.165) is 13.1 Å². The Bertz CT molecular complexity index is 358. The minimum absolute atomic E-state index is 0.459. The molecular weight excluding hydrogens is 262 g/mol. The lowest BCUT2D eigenvalue weighted by Crippen LogP contribution is -2.27. The summed E-state index contributed by atoms with van der Waals surface area (Å²) < 4.78 is 1.19. The molecule has 1 aromatic carbocycles. The summed E-state index contributed by atoms with van der Waals surface area (Å²) in [5, 5.41) is 3.57. The SMILES string of the molecule is CCC1(CC)CNCC1c1cccc(Br)c1. The van der Waals surface area contributed by atoms with Crippen LogP contribution in [0.5, 0.6) is 0 Å². The van der Waals surface area contributed by atoms with Crippen LogP contribution in [-0.4, -0.2) is 13.1 Å². The van der Waals surface area contributed by atoms with Crippen LogP contribution in [0.2, 0.25) is 0 Å². The molecule has 1 saturated heterocycles. The molecule has 1 N–H and O–H groups in total. The maximum Gasteiger partial charge on any atom is 0.0178 e. The van der Waals surface area contributed by atoms with E-state index in [9.17, 15) is 0 Å². The fraction of sp³-hybridized carbons (Fsp3) is 0.571. The highest BCUT2D eigenvalue weighted by molar-refractivity contribution is 9.10. The summed E-state index contributed by atoms with van der Waals surface area (Å²) in [4.78, 5) is 0. The minimum atomic E-state index is 0.459. The van der Waals surface area contributed by atoms with E-state index in [-0.39, 0.29) is 0 Å². The minimum Gasteiger partial charge on any atom is -0.316 e. The molecule has 1 nitrogen and oxygen atoms in total. The Hall–Kier alpha value is -0.340. The molecule has 1 aliphatic rings. The summed E-state index contributed by atoms with van der Waals surface area (Å²) in [5.41, 5.74) is 1.93. The van der Waals surface area contributed by atoms with Crippen molar-refractivity contribution in [2.45, 2.75) is 32.6 Å². The van der Waals surface area contributed by atoms with Gasteiger partial charge in [0.25, 0.3) is 0 Å². The fourth-order valence-corrected chi connectivity index (χ4v) is 3.41. The van der Waals surface area contributed by atoms with Gasteiger partial charge in [-0.2, -0.15) is 0 Å². The van der Waals surface area contributed by atoms with E-state index in [1.165, 1.54) is 22.9 Å². The van der Waals surface area contributed by atoms with Crippen LogP contribution in [0, 0.1) is 5.41 Å². The molecule has 0 aliphatic carbocycles. The first-order valence-corrected chi connectivity index (χ1v) is 6.97. The van der Waals surface area contributed by atoms with Crippen LogP contribution in [0.1, 0.15) is 38.2 Å². The van der Waals surface area contributed by atoms with E-state index >= 15 is 0 Å². The highest BCUT2D eigenvalue weighted by atomic mass is 79.9. The summed E-state index contributed by atoms with van der Waals surface area (Å²) in [7, 11) is 0. The van der Waals surface area contributed by atoms with Gasteiger partial charge in [-0.1, -0.05) is 41.9 Å². The van der Waals surface area contributed by atoms with Gasteiger partial charge in [-0.25, -0.2) is 0 Å². The molecule has 2 rings (SSSR count). The summed E-state index contributed by atoms with van der Waals surface area (Å²) >= 11 is 3.57. The average molecular weight is 282 g/mol. The maximum absolute atomic E-state index is 3.57. The predicted octanol–water partition coefficient (Wildman–Crippen LogP) is 3.94. The molecule has 1 aliphatic heterocycles. The van der Waals surface area contributed by atoms with Gasteiger partial charge in [0.15, 0.2) is 0 Å². The Morgan fingerprint density at radius 3 is 2.75 bits per heavy atom. The van der Waals surface area contributed by atoms with E-state index < -0.39 is 0 Å². The van der Waals surface area contributed by atoms with Crippen LogP contribution in [-0.2, 0) is 0 Å². The molecule has 2 heteroatoms. The molecule has 1 atom stereocenters. The lowest BCUT2D eigenvalue weighted by Gasteiger charge is -2.33. The maximum atomic E-state index is 3.57. The van der Waals surface area contributed by atoms with Crippen molar-refractivity contribution in [3.8, 4) is 0 Å². The molecule has 1 heterocycles. The van der Waals surface area contributed by atoms with Crippen LogP contribution < -0.4 is 5.32 Å². The summed E-state index contributed by atoms with van der Waals surface area (Å²) in [6, 6.07) is 8.79. The predicted molar refractivity (Wildman–Crippen MR) is 72.8 cm³/mol. The lowest BCUT2D eigenvalue weighted by molar-refractivity contribution is 0.260. The Balaban J connectivity index is 2.32. The van der Waals surface area contributed by atoms with Crippen molar-refractivity contribution in [3.63, 3.8) is 0 Å². The van der Waals surface area contributed by atoms with Gasteiger partial charge in [0, 0.05) is 23.5 Å². The van der Waals surface area contributed by atoms with Crippen molar-refractivity contribution >= 4 is 15.9 Å². The molecule has 0 radical (unpaired) electrons. The molecule has 0 amide bonds. The molecule has 1 unspecified atom stereocenters. The van der Waals surface area contributed by atoms with Crippen molar-refractivity contribution in [1.29, 1.82) is 0 Å². The van der Waals surface area contributed by atoms with Crippen molar-refractivity contribution in [2.24, 2.45) is 5.41 Å². The molecular formula is C14H20BrN. The third-order valence-corrected chi connectivity index (χ3v) is 4.72. The topological polar surface area (TPSA) is 12.0 Å². The van der Waals surface area contributed by atoms with Crippen LogP contribution in [0.25, 0.3) is 0 Å². The number of benzene rings is 1. The molecule has 0 bridgehead atoms. The van der Waals surface area contributed by atoms with E-state index in [1.54, 1.807) is 0 Å². The smallest absolute Gasteiger partial charge is 0.0178 e. The number of nitrogens with one attached hydrogen (secondary N) is 1. The first-order valence-electron chi connectivity index (χ1n) is 6.18. The molecule has 16 heavy (non-hydrogen) atoms. The van der Waals surface area contributed by atoms with Crippen LogP contribution >= 0.6 is 15.9 Å². The Morgan fingerprint density at radius 1 is 1.38 bits per heavy atom. The highest BCUT2D eigenvalue weighted by Crippen LogP contribution is 2.44. The van der Waals surface area contributed by atoms with Gasteiger partial charge in [-0.05, 0) is 36.0 Å². The van der Waals surface area contributed by atoms with Gasteiger partial charge >= 0.3 is 0 Å². The van der Waals surface area contributed by atoms with E-state index in [4.69, 9.17) is 0 Å². The summed E-state index contributed by atoms with van der Waals surface area (Å²) in [6.07, 6.45) is 2.52. The van der Waals surface area contributed by atoms with Crippen molar-refractivity contribution in [1.82, 2.24) is 5.32 Å². The summed E-state index contributed by atoms with van der Waals surface area (Å²) in [6.45, 7) is 6.93. The standard InChI is InChI=1S/C14H20BrN/c1-3-14(4-2)10-16-9-13(14)11-6-5-7-12(15)8-11/h5-8,13,16H,3-4,9-10H2,1-2H3. The normalized spacial score (nSPS) is 23.6. The zero-order chi connectivity index (χ0) is 11.6. The number of halogens is 1. The van der Waals surface area contributed by atoms with Gasteiger partial charge in [0.05, 0.1) is 0 Å². The Kier molecular flexibility index (Phi) is 3.70. The van der Waals surface area contributed by atoms with E-state index in [1.807, 2.05) is 0 Å². The van der Waals surface area contributed by atoms with Gasteiger partial charge in [0.1, 0.15) is 0 Å². The van der Waals surface area contributed by atoms with E-state index in [0.29, 0.717) is 11.3 Å². The summed E-state index contributed by atoms with van der Waals surface area (Å²) in [5.74, 6) is 0.667. The van der Waals surface area contributed by atoms with E-state index in [2.05, 4.69) is 59.4 Å². The van der Waals surface area contributed by atoms with Gasteiger partial charge < -0.3 is 5.32 Å². The van der Waals surface area contributed by atoms with Gasteiger partial charge in [-0.15, -0.1) is 0 Å². The third-order valence-electron chi connectivity index (χ3n) is 4.22. The zero-order valence-electron chi connectivity index (χ0n) is 10.1. The first-order chi connectivity index (χ1) is 7.72.